The van der Waals surface area contributed by atoms with Crippen LogP contribution in [0.15, 0.2) is 42.5 Å². The lowest BCUT2D eigenvalue weighted by molar-refractivity contribution is -0.384. The molecule has 1 aliphatic carbocycles. The molecule has 1 heterocycles. The van der Waals surface area contributed by atoms with Crippen LogP contribution in [-0.2, 0) is 0 Å². The van der Waals surface area contributed by atoms with Gasteiger partial charge in [0.2, 0.25) is 0 Å². The summed E-state index contributed by atoms with van der Waals surface area (Å²) in [5.74, 6) is -0.0700. The zero-order chi connectivity index (χ0) is 16.8. The summed E-state index contributed by atoms with van der Waals surface area (Å²) in [5, 5.41) is 14.8. The number of para-hydroxylation sites is 1. The highest BCUT2D eigenvalue weighted by molar-refractivity contribution is 6.31. The zero-order valence-corrected chi connectivity index (χ0v) is 13.4. The van der Waals surface area contributed by atoms with E-state index < -0.39 is 11.1 Å². The molecule has 2 aromatic carbocycles. The average Bonchev–Trinajstić information content (AvgIpc) is 3.39. The number of benzene rings is 2. The third-order valence-corrected chi connectivity index (χ3v) is 4.73. The van der Waals surface area contributed by atoms with Crippen LogP contribution in [0.25, 0.3) is 0 Å². The van der Waals surface area contributed by atoms with E-state index in [0.29, 0.717) is 21.8 Å². The van der Waals surface area contributed by atoms with Gasteiger partial charge in [0.25, 0.3) is 11.6 Å². The van der Waals surface area contributed by atoms with Gasteiger partial charge < -0.3 is 10.2 Å². The van der Waals surface area contributed by atoms with Gasteiger partial charge in [0.1, 0.15) is 6.17 Å². The van der Waals surface area contributed by atoms with E-state index in [4.69, 9.17) is 11.6 Å². The Morgan fingerprint density at radius 3 is 2.67 bits per heavy atom. The van der Waals surface area contributed by atoms with Crippen molar-refractivity contribution in [2.24, 2.45) is 0 Å². The molecule has 1 aliphatic heterocycles. The molecular formula is C17H14ClN3O3. The molecule has 4 rings (SSSR count). The highest BCUT2D eigenvalue weighted by atomic mass is 35.5. The molecule has 6 nitrogen and oxygen atoms in total. The van der Waals surface area contributed by atoms with E-state index in [2.05, 4.69) is 5.32 Å². The van der Waals surface area contributed by atoms with Crippen LogP contribution in [0.4, 0.5) is 11.4 Å². The summed E-state index contributed by atoms with van der Waals surface area (Å²) < 4.78 is 0. The fraction of sp³-hybridized carbons (Fsp3) is 0.235. The molecule has 1 amide bonds. The number of anilines is 1. The lowest BCUT2D eigenvalue weighted by atomic mass is 10.0. The summed E-state index contributed by atoms with van der Waals surface area (Å²) in [7, 11) is 0. The van der Waals surface area contributed by atoms with Crippen molar-refractivity contribution in [2.75, 3.05) is 5.32 Å². The van der Waals surface area contributed by atoms with Crippen LogP contribution in [0.1, 0.15) is 34.9 Å². The summed E-state index contributed by atoms with van der Waals surface area (Å²) in [5.41, 5.74) is 1.83. The predicted molar refractivity (Wildman–Crippen MR) is 90.1 cm³/mol. The molecule has 2 aliphatic rings. The fourth-order valence-electron chi connectivity index (χ4n) is 3.08. The Bertz CT molecular complexity index is 851. The number of hydrogen-bond acceptors (Lipinski definition) is 4. The first kappa shape index (κ1) is 15.0. The minimum Gasteiger partial charge on any atom is -0.361 e. The first-order chi connectivity index (χ1) is 11.6. The molecule has 2 aromatic rings. The van der Waals surface area contributed by atoms with Crippen molar-refractivity contribution in [2.45, 2.75) is 25.0 Å². The van der Waals surface area contributed by atoms with E-state index >= 15 is 0 Å². The molecule has 1 fully saturated rings. The number of nitrogens with one attached hydrogen (secondary N) is 1. The van der Waals surface area contributed by atoms with Crippen LogP contribution in [-0.4, -0.2) is 21.8 Å². The van der Waals surface area contributed by atoms with Crippen molar-refractivity contribution in [3.63, 3.8) is 0 Å². The predicted octanol–water partition coefficient (Wildman–Crippen LogP) is 3.98. The summed E-state index contributed by atoms with van der Waals surface area (Å²) >= 11 is 6.30. The Kier molecular flexibility index (Phi) is 3.42. The van der Waals surface area contributed by atoms with E-state index in [1.807, 2.05) is 18.2 Å². The van der Waals surface area contributed by atoms with E-state index in [1.165, 1.54) is 18.2 Å². The van der Waals surface area contributed by atoms with Crippen LogP contribution in [0.2, 0.25) is 5.02 Å². The second kappa shape index (κ2) is 5.49. The molecule has 1 atom stereocenters. The summed E-state index contributed by atoms with van der Waals surface area (Å²) in [6, 6.07) is 11.7. The Balaban J connectivity index is 1.83. The molecule has 1 saturated carbocycles. The summed E-state index contributed by atoms with van der Waals surface area (Å²) in [6.07, 6.45) is 1.35. The second-order valence-corrected chi connectivity index (χ2v) is 6.41. The first-order valence-corrected chi connectivity index (χ1v) is 8.06. The van der Waals surface area contributed by atoms with E-state index in [9.17, 15) is 14.9 Å². The average molecular weight is 344 g/mol. The highest BCUT2D eigenvalue weighted by Gasteiger charge is 2.42. The van der Waals surface area contributed by atoms with Crippen molar-refractivity contribution < 1.29 is 9.72 Å². The number of non-ortho nitro benzene ring substituents is 1. The number of halogens is 1. The van der Waals surface area contributed by atoms with Gasteiger partial charge in [-0.3, -0.25) is 14.9 Å². The normalized spacial score (nSPS) is 19.6. The Morgan fingerprint density at radius 2 is 1.96 bits per heavy atom. The number of fused-ring (bicyclic) bond motifs is 1. The van der Waals surface area contributed by atoms with Crippen LogP contribution >= 0.6 is 11.6 Å². The number of nitrogens with zero attached hydrogens (tertiary/aromatic N) is 2. The monoisotopic (exact) mass is 343 g/mol. The van der Waals surface area contributed by atoms with Gasteiger partial charge in [-0.2, -0.15) is 0 Å². The van der Waals surface area contributed by atoms with E-state index in [-0.39, 0.29) is 17.6 Å². The topological polar surface area (TPSA) is 75.5 Å². The Labute approximate surface area is 143 Å². The number of nitro groups is 1. The maximum atomic E-state index is 12.9. The molecule has 0 aromatic heterocycles. The van der Waals surface area contributed by atoms with Gasteiger partial charge in [-0.05, 0) is 31.0 Å². The maximum absolute atomic E-state index is 12.9. The van der Waals surface area contributed by atoms with Gasteiger partial charge in [0, 0.05) is 34.4 Å². The van der Waals surface area contributed by atoms with Crippen LogP contribution in [0.5, 0.6) is 0 Å². The SMILES string of the molecule is O=C1c2ccccc2NC(c2cc([N+](=O)[O-])ccc2Cl)N1C1CC1. The smallest absolute Gasteiger partial charge is 0.269 e. The van der Waals surface area contributed by atoms with Crippen molar-refractivity contribution in [1.29, 1.82) is 0 Å². The minimum absolute atomic E-state index is 0.0433. The summed E-state index contributed by atoms with van der Waals surface area (Å²) in [6.45, 7) is 0. The van der Waals surface area contributed by atoms with Gasteiger partial charge >= 0.3 is 0 Å². The standard InChI is InChI=1S/C17H14ClN3O3/c18-14-8-7-11(21(23)24)9-13(14)16-19-15-4-2-1-3-12(15)17(22)20(16)10-5-6-10/h1-4,7-10,16,19H,5-6H2. The number of hydrogen-bond donors (Lipinski definition) is 1. The third kappa shape index (κ3) is 2.39. The maximum Gasteiger partial charge on any atom is 0.269 e. The molecule has 0 spiro atoms. The molecule has 24 heavy (non-hydrogen) atoms. The molecule has 122 valence electrons. The minimum atomic E-state index is -0.507. The molecule has 0 bridgehead atoms. The zero-order valence-electron chi connectivity index (χ0n) is 12.6. The van der Waals surface area contributed by atoms with Gasteiger partial charge in [-0.1, -0.05) is 23.7 Å². The fourth-order valence-corrected chi connectivity index (χ4v) is 3.30. The van der Waals surface area contributed by atoms with Gasteiger partial charge in [-0.25, -0.2) is 0 Å². The number of amides is 1. The highest BCUT2D eigenvalue weighted by Crippen LogP contribution is 2.42. The lowest BCUT2D eigenvalue weighted by Gasteiger charge is -2.38. The third-order valence-electron chi connectivity index (χ3n) is 4.39. The van der Waals surface area contributed by atoms with Crippen LogP contribution < -0.4 is 5.32 Å². The Morgan fingerprint density at radius 1 is 1.21 bits per heavy atom. The molecule has 1 N–H and O–H groups in total. The largest absolute Gasteiger partial charge is 0.361 e. The van der Waals surface area contributed by atoms with Crippen molar-refractivity contribution >= 4 is 28.9 Å². The second-order valence-electron chi connectivity index (χ2n) is 6.00. The first-order valence-electron chi connectivity index (χ1n) is 7.68. The number of carbonyl (C=O) groups excluding carboxylic acids is 1. The van der Waals surface area contributed by atoms with Gasteiger partial charge in [0.15, 0.2) is 0 Å². The number of rotatable bonds is 3. The molecule has 0 saturated heterocycles. The van der Waals surface area contributed by atoms with Crippen molar-refractivity contribution in [3.8, 4) is 0 Å². The molecule has 0 radical (unpaired) electrons. The van der Waals surface area contributed by atoms with Crippen molar-refractivity contribution in [3.05, 3.63) is 68.7 Å². The lowest BCUT2D eigenvalue weighted by Crippen LogP contribution is -2.44. The molecule has 7 heteroatoms. The van der Waals surface area contributed by atoms with Gasteiger partial charge in [0.05, 0.1) is 10.5 Å². The van der Waals surface area contributed by atoms with Crippen LogP contribution in [0, 0.1) is 10.1 Å². The molecule has 1 unspecified atom stereocenters. The van der Waals surface area contributed by atoms with Gasteiger partial charge in [-0.15, -0.1) is 0 Å². The van der Waals surface area contributed by atoms with E-state index in [1.54, 1.807) is 11.0 Å². The number of carbonyl (C=O) groups is 1. The number of nitro benzene ring substituents is 1. The summed E-state index contributed by atoms with van der Waals surface area (Å²) in [4.78, 5) is 25.3. The molecular weight excluding hydrogens is 330 g/mol. The van der Waals surface area contributed by atoms with E-state index in [0.717, 1.165) is 12.8 Å². The van der Waals surface area contributed by atoms with Crippen molar-refractivity contribution in [1.82, 2.24) is 4.90 Å². The Hall–Kier alpha value is -2.60. The van der Waals surface area contributed by atoms with Crippen LogP contribution in [0.3, 0.4) is 0 Å². The quantitative estimate of drug-likeness (QED) is 0.675.